The van der Waals surface area contributed by atoms with Crippen molar-refractivity contribution in [2.24, 2.45) is 0 Å². The van der Waals surface area contributed by atoms with Crippen LogP contribution in [0.15, 0.2) is 28.7 Å². The van der Waals surface area contributed by atoms with Crippen molar-refractivity contribution in [2.75, 3.05) is 0 Å². The summed E-state index contributed by atoms with van der Waals surface area (Å²) >= 11 is 0. The lowest BCUT2D eigenvalue weighted by Crippen LogP contribution is -2.22. The maximum absolute atomic E-state index is 13.3. The van der Waals surface area contributed by atoms with Crippen LogP contribution in [-0.4, -0.2) is 5.11 Å². The van der Waals surface area contributed by atoms with Gasteiger partial charge in [0.05, 0.1) is 0 Å². The third-order valence-electron chi connectivity index (χ3n) is 3.50. The molecule has 0 spiro atoms. The van der Waals surface area contributed by atoms with Crippen LogP contribution in [0.1, 0.15) is 48.6 Å². The van der Waals surface area contributed by atoms with Gasteiger partial charge in [-0.05, 0) is 52.0 Å². The summed E-state index contributed by atoms with van der Waals surface area (Å²) in [5, 5.41) is 13.2. The molecule has 2 aromatic rings. The first-order valence-corrected chi connectivity index (χ1v) is 6.70. The van der Waals surface area contributed by atoms with E-state index >= 15 is 0 Å². The van der Waals surface area contributed by atoms with Gasteiger partial charge in [0.25, 0.3) is 0 Å². The second-order valence-corrected chi connectivity index (χ2v) is 5.18. The fourth-order valence-corrected chi connectivity index (χ4v) is 2.51. The first-order chi connectivity index (χ1) is 9.38. The Labute approximate surface area is 118 Å². The van der Waals surface area contributed by atoms with Crippen molar-refractivity contribution >= 4 is 0 Å². The molecule has 20 heavy (non-hydrogen) atoms. The normalized spacial score (nSPS) is 14.2. The number of furan rings is 1. The highest BCUT2D eigenvalue weighted by Crippen LogP contribution is 2.28. The molecular weight excluding hydrogens is 257 g/mol. The third kappa shape index (κ3) is 3.02. The second-order valence-electron chi connectivity index (χ2n) is 5.18. The minimum absolute atomic E-state index is 0.0464. The summed E-state index contributed by atoms with van der Waals surface area (Å²) in [4.78, 5) is 0. The summed E-state index contributed by atoms with van der Waals surface area (Å²) < 4.78 is 18.8. The lowest BCUT2D eigenvalue weighted by molar-refractivity contribution is 0.431. The Hall–Kier alpha value is -1.81. The molecule has 3 nitrogen and oxygen atoms in total. The van der Waals surface area contributed by atoms with Crippen molar-refractivity contribution in [2.45, 2.75) is 39.8 Å². The van der Waals surface area contributed by atoms with Gasteiger partial charge in [-0.1, -0.05) is 0 Å². The Morgan fingerprint density at radius 3 is 2.35 bits per heavy atom. The Morgan fingerprint density at radius 2 is 1.75 bits per heavy atom. The van der Waals surface area contributed by atoms with E-state index in [4.69, 9.17) is 4.42 Å². The Morgan fingerprint density at radius 1 is 1.10 bits per heavy atom. The molecule has 2 unspecified atom stereocenters. The zero-order valence-electron chi connectivity index (χ0n) is 12.2. The van der Waals surface area contributed by atoms with Crippen molar-refractivity contribution in [1.82, 2.24) is 5.32 Å². The first kappa shape index (κ1) is 14.6. The maximum atomic E-state index is 13.3. The minimum atomic E-state index is -0.352. The number of rotatable bonds is 4. The lowest BCUT2D eigenvalue weighted by Gasteiger charge is -2.21. The molecule has 4 heteroatoms. The molecule has 108 valence electrons. The monoisotopic (exact) mass is 277 g/mol. The Bertz CT molecular complexity index is 607. The molecule has 1 heterocycles. The van der Waals surface area contributed by atoms with Gasteiger partial charge in [0.15, 0.2) is 0 Å². The summed E-state index contributed by atoms with van der Waals surface area (Å²) in [6.07, 6.45) is 0. The topological polar surface area (TPSA) is 45.4 Å². The molecule has 1 aromatic carbocycles. The minimum Gasteiger partial charge on any atom is -0.508 e. The van der Waals surface area contributed by atoms with Crippen LogP contribution in [0.25, 0.3) is 0 Å². The zero-order valence-corrected chi connectivity index (χ0v) is 12.2. The van der Waals surface area contributed by atoms with E-state index in [1.54, 1.807) is 0 Å². The number of hydrogen-bond acceptors (Lipinski definition) is 3. The number of hydrogen-bond donors (Lipinski definition) is 2. The van der Waals surface area contributed by atoms with Crippen molar-refractivity contribution in [3.8, 4) is 5.75 Å². The Balaban J connectivity index is 2.17. The summed E-state index contributed by atoms with van der Waals surface area (Å²) in [6, 6.07) is 5.85. The standard InChI is InChI=1S/C16H20FNO2/c1-9-7-14(12(4)20-9)10(2)18-11(3)15-8-13(17)5-6-16(15)19/h5-8,10-11,18-19H,1-4H3. The van der Waals surface area contributed by atoms with Crippen LogP contribution < -0.4 is 5.32 Å². The zero-order chi connectivity index (χ0) is 14.9. The number of aromatic hydroxyl groups is 1. The van der Waals surface area contributed by atoms with Gasteiger partial charge in [-0.15, -0.1) is 0 Å². The molecule has 0 radical (unpaired) electrons. The van der Waals surface area contributed by atoms with Crippen LogP contribution in [0, 0.1) is 19.7 Å². The van der Waals surface area contributed by atoms with E-state index in [0.29, 0.717) is 5.56 Å². The number of aryl methyl sites for hydroxylation is 2. The SMILES string of the molecule is Cc1cc(C(C)NC(C)c2cc(F)ccc2O)c(C)o1. The summed E-state index contributed by atoms with van der Waals surface area (Å²) in [5.74, 6) is 1.48. The van der Waals surface area contributed by atoms with E-state index in [-0.39, 0.29) is 23.7 Å². The highest BCUT2D eigenvalue weighted by Gasteiger charge is 2.17. The van der Waals surface area contributed by atoms with Crippen LogP contribution >= 0.6 is 0 Å². The fourth-order valence-electron chi connectivity index (χ4n) is 2.51. The van der Waals surface area contributed by atoms with Crippen molar-refractivity contribution in [1.29, 1.82) is 0 Å². The molecule has 0 saturated heterocycles. The van der Waals surface area contributed by atoms with Crippen LogP contribution in [0.3, 0.4) is 0 Å². The molecular formula is C16H20FNO2. The largest absolute Gasteiger partial charge is 0.508 e. The molecule has 2 N–H and O–H groups in total. The lowest BCUT2D eigenvalue weighted by atomic mass is 10.0. The van der Waals surface area contributed by atoms with E-state index in [9.17, 15) is 9.50 Å². The molecule has 1 aromatic heterocycles. The van der Waals surface area contributed by atoms with Crippen LogP contribution in [0.2, 0.25) is 0 Å². The van der Waals surface area contributed by atoms with Gasteiger partial charge in [-0.3, -0.25) is 0 Å². The van der Waals surface area contributed by atoms with Crippen LogP contribution in [0.4, 0.5) is 4.39 Å². The number of halogens is 1. The predicted molar refractivity (Wildman–Crippen MR) is 76.2 cm³/mol. The van der Waals surface area contributed by atoms with Gasteiger partial charge in [-0.2, -0.15) is 0 Å². The van der Waals surface area contributed by atoms with Gasteiger partial charge in [0.1, 0.15) is 23.1 Å². The van der Waals surface area contributed by atoms with E-state index in [0.717, 1.165) is 17.1 Å². The van der Waals surface area contributed by atoms with Gasteiger partial charge in [0, 0.05) is 23.2 Å². The summed E-state index contributed by atoms with van der Waals surface area (Å²) in [7, 11) is 0. The van der Waals surface area contributed by atoms with Crippen molar-refractivity contribution in [3.05, 3.63) is 52.7 Å². The van der Waals surface area contributed by atoms with Crippen molar-refractivity contribution < 1.29 is 13.9 Å². The van der Waals surface area contributed by atoms with E-state index in [1.165, 1.54) is 18.2 Å². The first-order valence-electron chi connectivity index (χ1n) is 6.70. The van der Waals surface area contributed by atoms with E-state index < -0.39 is 0 Å². The number of phenols is 1. The molecule has 0 amide bonds. The smallest absolute Gasteiger partial charge is 0.123 e. The molecule has 0 fully saturated rings. The number of phenolic OH excluding ortho intramolecular Hbond substituents is 1. The molecule has 0 saturated carbocycles. The summed E-state index contributed by atoms with van der Waals surface area (Å²) in [6.45, 7) is 7.74. The van der Waals surface area contributed by atoms with E-state index in [1.807, 2.05) is 33.8 Å². The number of nitrogens with one attached hydrogen (secondary N) is 1. The van der Waals surface area contributed by atoms with Gasteiger partial charge >= 0.3 is 0 Å². The molecule has 0 bridgehead atoms. The number of benzene rings is 1. The van der Waals surface area contributed by atoms with Crippen LogP contribution in [0.5, 0.6) is 5.75 Å². The average Bonchev–Trinajstić information content (AvgIpc) is 2.71. The van der Waals surface area contributed by atoms with Gasteiger partial charge in [0.2, 0.25) is 0 Å². The summed E-state index contributed by atoms with van der Waals surface area (Å²) in [5.41, 5.74) is 1.62. The van der Waals surface area contributed by atoms with Crippen molar-refractivity contribution in [3.63, 3.8) is 0 Å². The highest BCUT2D eigenvalue weighted by molar-refractivity contribution is 5.35. The third-order valence-corrected chi connectivity index (χ3v) is 3.50. The second kappa shape index (κ2) is 5.67. The molecule has 0 aliphatic carbocycles. The molecule has 2 rings (SSSR count). The molecule has 0 aliphatic rings. The molecule has 0 aliphatic heterocycles. The van der Waals surface area contributed by atoms with Crippen LogP contribution in [-0.2, 0) is 0 Å². The average molecular weight is 277 g/mol. The van der Waals surface area contributed by atoms with Gasteiger partial charge in [-0.25, -0.2) is 4.39 Å². The highest BCUT2D eigenvalue weighted by atomic mass is 19.1. The molecule has 2 atom stereocenters. The predicted octanol–water partition coefficient (Wildman–Crippen LogP) is 4.15. The Kier molecular flexibility index (Phi) is 4.14. The fraction of sp³-hybridized carbons (Fsp3) is 0.375. The quantitative estimate of drug-likeness (QED) is 0.882. The van der Waals surface area contributed by atoms with E-state index in [2.05, 4.69) is 5.32 Å². The maximum Gasteiger partial charge on any atom is 0.123 e. The van der Waals surface area contributed by atoms with Gasteiger partial charge < -0.3 is 14.8 Å².